The molecule has 1 aliphatic rings. The average molecular weight is 157 g/mol. The fraction of sp³-hybridized carbons (Fsp3) is 0.571. The van der Waals surface area contributed by atoms with Gasteiger partial charge < -0.3 is 14.7 Å². The molecule has 0 aliphatic carbocycles. The normalized spacial score (nSPS) is 24.7. The van der Waals surface area contributed by atoms with Gasteiger partial charge in [-0.1, -0.05) is 6.58 Å². The molecule has 4 heteroatoms. The molecule has 1 heterocycles. The number of amides is 1. The fourth-order valence-electron chi connectivity index (χ4n) is 1.03. The number of carbonyl (C=O) groups is 1. The van der Waals surface area contributed by atoms with Gasteiger partial charge in [-0.2, -0.15) is 0 Å². The van der Waals surface area contributed by atoms with Crippen LogP contribution in [-0.2, 0) is 9.53 Å². The van der Waals surface area contributed by atoms with E-state index in [1.165, 1.54) is 4.90 Å². The van der Waals surface area contributed by atoms with Crippen LogP contribution in [0.4, 0.5) is 0 Å². The van der Waals surface area contributed by atoms with E-state index >= 15 is 0 Å². The predicted molar refractivity (Wildman–Crippen MR) is 39.1 cm³/mol. The van der Waals surface area contributed by atoms with Crippen molar-refractivity contribution in [3.05, 3.63) is 12.3 Å². The maximum atomic E-state index is 10.4. The molecule has 0 radical (unpaired) electrons. The Labute approximate surface area is 65.1 Å². The Morgan fingerprint density at radius 1 is 1.82 bits per heavy atom. The highest BCUT2D eigenvalue weighted by atomic mass is 16.5. The quantitative estimate of drug-likeness (QED) is 0.450. The number of hydrogen-bond donors (Lipinski definition) is 1. The lowest BCUT2D eigenvalue weighted by atomic mass is 10.2. The van der Waals surface area contributed by atoms with Gasteiger partial charge in [-0.25, -0.2) is 0 Å². The molecule has 1 amide bonds. The Bertz CT molecular complexity index is 169. The summed E-state index contributed by atoms with van der Waals surface area (Å²) in [5, 5.41) is 9.00. The zero-order chi connectivity index (χ0) is 8.27. The first-order valence-corrected chi connectivity index (χ1v) is 3.42. The zero-order valence-electron chi connectivity index (χ0n) is 6.19. The van der Waals surface area contributed by atoms with Gasteiger partial charge in [0.1, 0.15) is 11.8 Å². The summed E-state index contributed by atoms with van der Waals surface area (Å²) in [4.78, 5) is 11.9. The van der Waals surface area contributed by atoms with Crippen LogP contribution < -0.4 is 0 Å². The van der Waals surface area contributed by atoms with Crippen molar-refractivity contribution < 1.29 is 14.6 Å². The molecule has 1 fully saturated rings. The molecular weight excluding hydrogens is 146 g/mol. The van der Waals surface area contributed by atoms with Gasteiger partial charge in [0.05, 0.1) is 13.2 Å². The predicted octanol–water partition coefficient (Wildman–Crippen LogP) is -0.0847. The number of ether oxygens (including phenoxy) is 1. The first-order valence-electron chi connectivity index (χ1n) is 3.42. The summed E-state index contributed by atoms with van der Waals surface area (Å²) in [5.41, 5.74) is 0. The van der Waals surface area contributed by atoms with Gasteiger partial charge in [-0.05, 0) is 0 Å². The van der Waals surface area contributed by atoms with Gasteiger partial charge in [0.25, 0.3) is 0 Å². The molecule has 0 aromatic rings. The van der Waals surface area contributed by atoms with Crippen molar-refractivity contribution >= 4 is 6.41 Å². The fourth-order valence-corrected chi connectivity index (χ4v) is 1.03. The van der Waals surface area contributed by atoms with E-state index < -0.39 is 0 Å². The molecule has 0 aromatic carbocycles. The van der Waals surface area contributed by atoms with Crippen LogP contribution in [0, 0.1) is 0 Å². The summed E-state index contributed by atoms with van der Waals surface area (Å²) in [6.07, 6.45) is 0.703. The molecular formula is C7H11NO3. The van der Waals surface area contributed by atoms with Crippen molar-refractivity contribution in [3.8, 4) is 0 Å². The van der Waals surface area contributed by atoms with E-state index in [4.69, 9.17) is 9.84 Å². The summed E-state index contributed by atoms with van der Waals surface area (Å²) in [6.45, 7) is 4.75. The number of rotatable bonds is 2. The van der Waals surface area contributed by atoms with Crippen LogP contribution in [0.3, 0.4) is 0 Å². The number of carbonyl (C=O) groups excluding carboxylic acids is 1. The third-order valence-corrected chi connectivity index (χ3v) is 1.69. The lowest BCUT2D eigenvalue weighted by Crippen LogP contribution is -2.45. The summed E-state index contributed by atoms with van der Waals surface area (Å²) >= 11 is 0. The van der Waals surface area contributed by atoms with E-state index in [1.54, 1.807) is 0 Å². The van der Waals surface area contributed by atoms with Crippen LogP contribution in [0.5, 0.6) is 0 Å². The third kappa shape index (κ3) is 1.71. The minimum absolute atomic E-state index is 0.0169. The summed E-state index contributed by atoms with van der Waals surface area (Å²) in [7, 11) is 0. The van der Waals surface area contributed by atoms with Gasteiger partial charge >= 0.3 is 0 Å². The molecule has 0 spiro atoms. The van der Waals surface area contributed by atoms with Crippen molar-refractivity contribution in [2.24, 2.45) is 0 Å². The van der Waals surface area contributed by atoms with Crippen molar-refractivity contribution in [2.45, 2.75) is 6.04 Å². The lowest BCUT2D eigenvalue weighted by molar-refractivity contribution is -0.125. The molecule has 62 valence electrons. The van der Waals surface area contributed by atoms with Crippen molar-refractivity contribution in [1.82, 2.24) is 4.90 Å². The first-order chi connectivity index (χ1) is 5.25. The maximum Gasteiger partial charge on any atom is 0.210 e. The molecule has 1 N–H and O–H groups in total. The summed E-state index contributed by atoms with van der Waals surface area (Å²) < 4.78 is 5.05. The minimum atomic E-state index is -0.360. The summed E-state index contributed by atoms with van der Waals surface area (Å²) in [6, 6.07) is -0.360. The molecule has 1 aliphatic heterocycles. The lowest BCUT2D eigenvalue weighted by Gasteiger charge is -2.31. The van der Waals surface area contributed by atoms with Gasteiger partial charge in [0.15, 0.2) is 0 Å². The second-order valence-corrected chi connectivity index (χ2v) is 2.43. The SMILES string of the molecule is C=C(O)C1COCCN1C=O. The van der Waals surface area contributed by atoms with Crippen molar-refractivity contribution in [3.63, 3.8) is 0 Å². The molecule has 11 heavy (non-hydrogen) atoms. The van der Waals surface area contributed by atoms with Crippen LogP contribution >= 0.6 is 0 Å². The van der Waals surface area contributed by atoms with Gasteiger partial charge in [0, 0.05) is 6.54 Å². The topological polar surface area (TPSA) is 49.8 Å². The molecule has 0 aromatic heterocycles. The standard InChI is InChI=1S/C7H11NO3/c1-6(10)7-4-11-3-2-8(7)5-9/h5,7,10H,1-4H2. The van der Waals surface area contributed by atoms with E-state index in [9.17, 15) is 4.79 Å². The van der Waals surface area contributed by atoms with Gasteiger partial charge in [-0.15, -0.1) is 0 Å². The van der Waals surface area contributed by atoms with Crippen molar-refractivity contribution in [2.75, 3.05) is 19.8 Å². The molecule has 4 nitrogen and oxygen atoms in total. The Balaban J connectivity index is 2.58. The van der Waals surface area contributed by atoms with E-state index in [-0.39, 0.29) is 11.8 Å². The van der Waals surface area contributed by atoms with Crippen LogP contribution in [0.2, 0.25) is 0 Å². The van der Waals surface area contributed by atoms with Crippen LogP contribution in [-0.4, -0.2) is 42.2 Å². The van der Waals surface area contributed by atoms with E-state index in [0.29, 0.717) is 26.2 Å². The second-order valence-electron chi connectivity index (χ2n) is 2.43. The largest absolute Gasteiger partial charge is 0.511 e. The third-order valence-electron chi connectivity index (χ3n) is 1.69. The Hall–Kier alpha value is -1.03. The molecule has 1 saturated heterocycles. The molecule has 1 unspecified atom stereocenters. The van der Waals surface area contributed by atoms with E-state index in [2.05, 4.69) is 6.58 Å². The zero-order valence-corrected chi connectivity index (χ0v) is 6.19. The number of hydrogen-bond acceptors (Lipinski definition) is 3. The Morgan fingerprint density at radius 2 is 2.55 bits per heavy atom. The first kappa shape index (κ1) is 8.07. The number of morpholine rings is 1. The number of nitrogens with zero attached hydrogens (tertiary/aromatic N) is 1. The van der Waals surface area contributed by atoms with E-state index in [0.717, 1.165) is 0 Å². The highest BCUT2D eigenvalue weighted by Crippen LogP contribution is 2.09. The monoisotopic (exact) mass is 157 g/mol. The molecule has 0 saturated carbocycles. The highest BCUT2D eigenvalue weighted by Gasteiger charge is 2.23. The Morgan fingerprint density at radius 3 is 3.00 bits per heavy atom. The van der Waals surface area contributed by atoms with Crippen molar-refractivity contribution in [1.29, 1.82) is 0 Å². The van der Waals surface area contributed by atoms with Crippen LogP contribution in [0.1, 0.15) is 0 Å². The van der Waals surface area contributed by atoms with Gasteiger partial charge in [-0.3, -0.25) is 4.79 Å². The maximum absolute atomic E-state index is 10.4. The van der Waals surface area contributed by atoms with Gasteiger partial charge in [0.2, 0.25) is 6.41 Å². The van der Waals surface area contributed by atoms with Crippen LogP contribution in [0.15, 0.2) is 12.3 Å². The molecule has 0 bridgehead atoms. The Kier molecular flexibility index (Phi) is 2.48. The summed E-state index contributed by atoms with van der Waals surface area (Å²) in [5.74, 6) is -0.0169. The molecule has 1 rings (SSSR count). The second kappa shape index (κ2) is 3.39. The number of aliphatic hydroxyl groups is 1. The molecule has 1 atom stereocenters. The smallest absolute Gasteiger partial charge is 0.210 e. The highest BCUT2D eigenvalue weighted by molar-refractivity contribution is 5.48. The minimum Gasteiger partial charge on any atom is -0.511 e. The van der Waals surface area contributed by atoms with Crippen LogP contribution in [0.25, 0.3) is 0 Å². The number of aliphatic hydroxyl groups excluding tert-OH is 1. The average Bonchev–Trinajstić information content (AvgIpc) is 2.04. The van der Waals surface area contributed by atoms with E-state index in [1.807, 2.05) is 0 Å².